The molecule has 0 aliphatic rings. The summed E-state index contributed by atoms with van der Waals surface area (Å²) in [6.45, 7) is 3.15. The summed E-state index contributed by atoms with van der Waals surface area (Å²) in [5, 5.41) is 8.82. The molecule has 1 rings (SSSR count). The Labute approximate surface area is 113 Å². The van der Waals surface area contributed by atoms with E-state index in [0.717, 1.165) is 12.8 Å². The van der Waals surface area contributed by atoms with Gasteiger partial charge in [0.15, 0.2) is 5.69 Å². The van der Waals surface area contributed by atoms with Crippen molar-refractivity contribution in [1.29, 1.82) is 5.26 Å². The fourth-order valence-corrected chi connectivity index (χ4v) is 2.48. The van der Waals surface area contributed by atoms with Gasteiger partial charge in [-0.1, -0.05) is 13.3 Å². The summed E-state index contributed by atoms with van der Waals surface area (Å²) in [6.07, 6.45) is 3.37. The van der Waals surface area contributed by atoms with Crippen LogP contribution in [0.3, 0.4) is 0 Å². The van der Waals surface area contributed by atoms with Crippen LogP contribution in [0.2, 0.25) is 0 Å². The molecule has 0 bridgehead atoms. The van der Waals surface area contributed by atoms with E-state index in [4.69, 9.17) is 10.00 Å². The van der Waals surface area contributed by atoms with Crippen LogP contribution in [0.1, 0.15) is 25.5 Å². The number of hydrogen-bond donors (Lipinski definition) is 1. The van der Waals surface area contributed by atoms with E-state index in [1.165, 1.54) is 18.3 Å². The van der Waals surface area contributed by atoms with Crippen molar-refractivity contribution in [2.24, 2.45) is 0 Å². The number of rotatable bonds is 8. The summed E-state index contributed by atoms with van der Waals surface area (Å²) >= 11 is 0. The number of pyridine rings is 1. The summed E-state index contributed by atoms with van der Waals surface area (Å²) in [4.78, 5) is 3.62. The van der Waals surface area contributed by atoms with Gasteiger partial charge in [-0.15, -0.1) is 0 Å². The summed E-state index contributed by atoms with van der Waals surface area (Å²) < 4.78 is 31.5. The molecule has 6 nitrogen and oxygen atoms in total. The fourth-order valence-electron chi connectivity index (χ4n) is 1.37. The average Bonchev–Trinajstić information content (AvgIpc) is 2.42. The van der Waals surface area contributed by atoms with Gasteiger partial charge in [-0.25, -0.2) is 18.1 Å². The van der Waals surface area contributed by atoms with Crippen LogP contribution in [-0.4, -0.2) is 33.2 Å². The summed E-state index contributed by atoms with van der Waals surface area (Å²) in [5.41, 5.74) is -0.109. The summed E-state index contributed by atoms with van der Waals surface area (Å²) in [5.74, 6) is 0. The molecule has 7 heteroatoms. The highest BCUT2D eigenvalue weighted by molar-refractivity contribution is 7.89. The molecule has 0 aliphatic heterocycles. The zero-order valence-electron chi connectivity index (χ0n) is 10.8. The minimum absolute atomic E-state index is 0.106. The second-order valence-electron chi connectivity index (χ2n) is 3.83. The highest BCUT2D eigenvalue weighted by atomic mass is 32.2. The van der Waals surface area contributed by atoms with Crippen LogP contribution < -0.4 is 4.72 Å². The molecular formula is C12H17N3O3S. The van der Waals surface area contributed by atoms with Crippen molar-refractivity contribution in [2.75, 3.05) is 19.8 Å². The van der Waals surface area contributed by atoms with Crippen LogP contribution in [0.25, 0.3) is 0 Å². The van der Waals surface area contributed by atoms with Crippen LogP contribution >= 0.6 is 0 Å². The van der Waals surface area contributed by atoms with Crippen molar-refractivity contribution in [3.8, 4) is 6.07 Å². The lowest BCUT2D eigenvalue weighted by Gasteiger charge is -2.07. The van der Waals surface area contributed by atoms with Crippen molar-refractivity contribution in [1.82, 2.24) is 9.71 Å². The lowest BCUT2D eigenvalue weighted by Crippen LogP contribution is -2.28. The number of nitrogens with zero attached hydrogens (tertiary/aromatic N) is 2. The predicted molar refractivity (Wildman–Crippen MR) is 69.9 cm³/mol. The number of nitriles is 1. The number of sulfonamides is 1. The maximum Gasteiger partial charge on any atom is 0.243 e. The van der Waals surface area contributed by atoms with Crippen LogP contribution in [0, 0.1) is 11.3 Å². The first kappa shape index (κ1) is 15.6. The lowest BCUT2D eigenvalue weighted by molar-refractivity contribution is 0.136. The molecule has 1 aromatic heterocycles. The van der Waals surface area contributed by atoms with Crippen LogP contribution in [0.5, 0.6) is 0 Å². The van der Waals surface area contributed by atoms with E-state index < -0.39 is 10.0 Å². The summed E-state index contributed by atoms with van der Waals surface area (Å²) in [6, 6.07) is 4.59. The van der Waals surface area contributed by atoms with E-state index in [0.29, 0.717) is 13.2 Å². The Bertz CT molecular complexity index is 537. The standard InChI is InChI=1S/C12H17N3O3S/c1-2-3-8-18-9-7-15-19(16,17)12-5-4-6-14-11(12)10-13/h4-6,15H,2-3,7-9H2,1H3. The molecule has 1 aromatic rings. The maximum atomic E-state index is 11.9. The molecule has 0 radical (unpaired) electrons. The second kappa shape index (κ2) is 7.84. The quantitative estimate of drug-likeness (QED) is 0.720. The third kappa shape index (κ3) is 4.95. The molecule has 0 spiro atoms. The van der Waals surface area contributed by atoms with Gasteiger partial charge in [0.2, 0.25) is 10.0 Å². The molecule has 0 aliphatic carbocycles. The Morgan fingerprint density at radius 2 is 2.26 bits per heavy atom. The van der Waals surface area contributed by atoms with E-state index >= 15 is 0 Å². The van der Waals surface area contributed by atoms with E-state index in [1.54, 1.807) is 6.07 Å². The Morgan fingerprint density at radius 3 is 2.95 bits per heavy atom. The minimum Gasteiger partial charge on any atom is -0.380 e. The number of ether oxygens (including phenoxy) is 1. The first-order chi connectivity index (χ1) is 9.11. The smallest absolute Gasteiger partial charge is 0.243 e. The Morgan fingerprint density at radius 1 is 1.47 bits per heavy atom. The van der Waals surface area contributed by atoms with E-state index in [2.05, 4.69) is 16.6 Å². The Kier molecular flexibility index (Phi) is 6.42. The minimum atomic E-state index is -3.71. The molecule has 0 fully saturated rings. The van der Waals surface area contributed by atoms with Crippen molar-refractivity contribution >= 4 is 10.0 Å². The van der Waals surface area contributed by atoms with Gasteiger partial charge >= 0.3 is 0 Å². The zero-order valence-corrected chi connectivity index (χ0v) is 11.6. The van der Waals surface area contributed by atoms with Gasteiger partial charge in [-0.05, 0) is 18.6 Å². The molecule has 0 aromatic carbocycles. The molecule has 19 heavy (non-hydrogen) atoms. The average molecular weight is 283 g/mol. The predicted octanol–water partition coefficient (Wildman–Crippen LogP) is 1.05. The monoisotopic (exact) mass is 283 g/mol. The van der Waals surface area contributed by atoms with Crippen molar-refractivity contribution in [3.63, 3.8) is 0 Å². The van der Waals surface area contributed by atoms with Crippen LogP contribution in [0.15, 0.2) is 23.2 Å². The highest BCUT2D eigenvalue weighted by Crippen LogP contribution is 2.11. The van der Waals surface area contributed by atoms with Crippen LogP contribution in [0.4, 0.5) is 0 Å². The van der Waals surface area contributed by atoms with E-state index in [9.17, 15) is 8.42 Å². The molecule has 0 amide bonds. The molecular weight excluding hydrogens is 266 g/mol. The van der Waals surface area contributed by atoms with Gasteiger partial charge in [0.1, 0.15) is 11.0 Å². The van der Waals surface area contributed by atoms with Crippen LogP contribution in [-0.2, 0) is 14.8 Å². The maximum absolute atomic E-state index is 11.9. The summed E-state index contributed by atoms with van der Waals surface area (Å²) in [7, 11) is -3.71. The third-order valence-corrected chi connectivity index (χ3v) is 3.84. The van der Waals surface area contributed by atoms with E-state index in [-0.39, 0.29) is 17.1 Å². The third-order valence-electron chi connectivity index (χ3n) is 2.35. The van der Waals surface area contributed by atoms with Gasteiger partial charge in [0, 0.05) is 19.3 Å². The second-order valence-corrected chi connectivity index (χ2v) is 5.56. The largest absolute Gasteiger partial charge is 0.380 e. The zero-order chi connectivity index (χ0) is 14.1. The molecule has 0 saturated heterocycles. The highest BCUT2D eigenvalue weighted by Gasteiger charge is 2.18. The number of nitrogens with one attached hydrogen (secondary N) is 1. The Hall–Kier alpha value is -1.49. The number of hydrogen-bond acceptors (Lipinski definition) is 5. The number of unbranched alkanes of at least 4 members (excludes halogenated alkanes) is 1. The molecule has 1 heterocycles. The van der Waals surface area contributed by atoms with Gasteiger partial charge in [-0.3, -0.25) is 0 Å². The molecule has 0 atom stereocenters. The normalized spacial score (nSPS) is 11.2. The van der Waals surface area contributed by atoms with Gasteiger partial charge < -0.3 is 4.74 Å². The molecule has 0 unspecified atom stereocenters. The lowest BCUT2D eigenvalue weighted by atomic mass is 10.4. The van der Waals surface area contributed by atoms with Crippen molar-refractivity contribution < 1.29 is 13.2 Å². The molecule has 0 saturated carbocycles. The van der Waals surface area contributed by atoms with Crippen molar-refractivity contribution in [3.05, 3.63) is 24.0 Å². The van der Waals surface area contributed by atoms with Gasteiger partial charge in [0.25, 0.3) is 0 Å². The Balaban J connectivity index is 2.55. The fraction of sp³-hybridized carbons (Fsp3) is 0.500. The molecule has 104 valence electrons. The number of aromatic nitrogens is 1. The molecule has 1 N–H and O–H groups in total. The van der Waals surface area contributed by atoms with Crippen molar-refractivity contribution in [2.45, 2.75) is 24.7 Å². The topological polar surface area (TPSA) is 92.1 Å². The first-order valence-corrected chi connectivity index (χ1v) is 7.52. The SMILES string of the molecule is CCCCOCCNS(=O)(=O)c1cccnc1C#N. The first-order valence-electron chi connectivity index (χ1n) is 6.04. The van der Waals surface area contributed by atoms with Gasteiger partial charge in [-0.2, -0.15) is 5.26 Å². The van der Waals surface area contributed by atoms with E-state index in [1.807, 2.05) is 0 Å². The van der Waals surface area contributed by atoms with Gasteiger partial charge in [0.05, 0.1) is 6.61 Å².